The Balaban J connectivity index is 1.33. The molecule has 0 aromatic carbocycles. The van der Waals surface area contributed by atoms with Crippen LogP contribution in [0.15, 0.2) is 12.2 Å². The summed E-state index contributed by atoms with van der Waals surface area (Å²) >= 11 is 0. The minimum atomic E-state index is -0.159. The van der Waals surface area contributed by atoms with Gasteiger partial charge in [-0.15, -0.1) is 0 Å². The number of hydrogen-bond donors (Lipinski definition) is 0. The zero-order valence-electron chi connectivity index (χ0n) is 14.4. The molecule has 3 nitrogen and oxygen atoms in total. The first-order chi connectivity index (χ1) is 10.7. The number of rotatable bonds is 7. The van der Waals surface area contributed by atoms with Crippen LogP contribution in [-0.4, -0.2) is 25.8 Å². The third-order valence-corrected chi connectivity index (χ3v) is 6.26. The van der Waals surface area contributed by atoms with Gasteiger partial charge in [0.2, 0.25) is 0 Å². The van der Waals surface area contributed by atoms with E-state index in [2.05, 4.69) is 26.0 Å². The van der Waals surface area contributed by atoms with E-state index in [1.807, 2.05) is 6.92 Å². The molecule has 1 heterocycles. The molecule has 1 spiro atoms. The fraction of sp³-hybridized carbons (Fsp3) is 0.895. The Hall–Kier alpha value is -0.380. The first kappa shape index (κ1) is 16.5. The molecule has 5 unspecified atom stereocenters. The first-order valence-electron chi connectivity index (χ1n) is 9.19. The van der Waals surface area contributed by atoms with Gasteiger partial charge >= 0.3 is 0 Å². The van der Waals surface area contributed by atoms with Crippen LogP contribution in [0.2, 0.25) is 0 Å². The summed E-state index contributed by atoms with van der Waals surface area (Å²) in [6, 6.07) is 0. The Labute approximate surface area is 135 Å². The normalized spacial score (nSPS) is 42.0. The first-order valence-corrected chi connectivity index (χ1v) is 9.19. The zero-order valence-corrected chi connectivity index (χ0v) is 14.4. The quantitative estimate of drug-likeness (QED) is 0.511. The molecule has 22 heavy (non-hydrogen) atoms. The highest BCUT2D eigenvalue weighted by Crippen LogP contribution is 2.65. The van der Waals surface area contributed by atoms with Gasteiger partial charge in [-0.05, 0) is 50.4 Å². The smallest absolute Gasteiger partial charge is 0.161 e. The van der Waals surface area contributed by atoms with E-state index >= 15 is 0 Å². The third-order valence-electron chi connectivity index (χ3n) is 6.26. The lowest BCUT2D eigenvalue weighted by atomic mass is 9.92. The van der Waals surface area contributed by atoms with Crippen molar-refractivity contribution in [1.82, 2.24) is 0 Å². The number of ether oxygens (including phenoxy) is 3. The molecule has 1 saturated carbocycles. The van der Waals surface area contributed by atoms with E-state index in [-0.39, 0.29) is 12.6 Å². The lowest BCUT2D eigenvalue weighted by Crippen LogP contribution is -2.23. The maximum atomic E-state index is 5.96. The second-order valence-electron chi connectivity index (χ2n) is 7.49. The zero-order chi connectivity index (χ0) is 15.6. The van der Waals surface area contributed by atoms with Gasteiger partial charge < -0.3 is 14.2 Å². The van der Waals surface area contributed by atoms with Gasteiger partial charge in [0.25, 0.3) is 0 Å². The van der Waals surface area contributed by atoms with Gasteiger partial charge in [-0.25, -0.2) is 0 Å². The summed E-state index contributed by atoms with van der Waals surface area (Å²) in [6.45, 7) is 8.32. The summed E-state index contributed by atoms with van der Waals surface area (Å²) in [5.41, 5.74) is 0.410. The Kier molecular flexibility index (Phi) is 5.26. The van der Waals surface area contributed by atoms with E-state index in [0.29, 0.717) is 5.41 Å². The predicted octanol–water partition coefficient (Wildman–Crippen LogP) is 4.52. The van der Waals surface area contributed by atoms with Gasteiger partial charge in [-0.3, -0.25) is 0 Å². The molecule has 0 aromatic heterocycles. The van der Waals surface area contributed by atoms with Crippen LogP contribution in [0, 0.1) is 23.2 Å². The largest absolute Gasteiger partial charge is 0.353 e. The van der Waals surface area contributed by atoms with E-state index in [9.17, 15) is 0 Å². The molecule has 2 fully saturated rings. The summed E-state index contributed by atoms with van der Waals surface area (Å²) in [5.74, 6) is 2.42. The summed E-state index contributed by atoms with van der Waals surface area (Å²) in [6.07, 6.45) is 11.6. The van der Waals surface area contributed by atoms with Crippen LogP contribution in [0.3, 0.4) is 0 Å². The number of hydrogen-bond acceptors (Lipinski definition) is 3. The molecule has 0 bridgehead atoms. The van der Waals surface area contributed by atoms with Crippen molar-refractivity contribution in [1.29, 1.82) is 0 Å². The van der Waals surface area contributed by atoms with Gasteiger partial charge in [0.15, 0.2) is 12.6 Å². The topological polar surface area (TPSA) is 27.7 Å². The molecule has 1 saturated heterocycles. The van der Waals surface area contributed by atoms with Crippen molar-refractivity contribution in [2.24, 2.45) is 23.2 Å². The van der Waals surface area contributed by atoms with Crippen molar-refractivity contribution in [3.05, 3.63) is 12.2 Å². The van der Waals surface area contributed by atoms with Crippen molar-refractivity contribution in [2.45, 2.75) is 71.9 Å². The standard InChI is InChI=1S/C19H32O3/c1-4-17-14(2)19(17)12-18(21-13-19)22-15(3)20-11-10-16-8-6-5-7-9-16/h5-6,14-18H,4,7-13H2,1-3H3/t14-,15?,16?,17?,18?,19?/m0/s1. The minimum Gasteiger partial charge on any atom is -0.353 e. The highest BCUT2D eigenvalue weighted by atomic mass is 16.8. The molecule has 1 aliphatic heterocycles. The van der Waals surface area contributed by atoms with Crippen molar-refractivity contribution < 1.29 is 14.2 Å². The Bertz CT molecular complexity index is 394. The fourth-order valence-electron chi connectivity index (χ4n) is 4.67. The van der Waals surface area contributed by atoms with E-state index in [1.54, 1.807) is 0 Å². The second-order valence-corrected chi connectivity index (χ2v) is 7.49. The average molecular weight is 308 g/mol. The van der Waals surface area contributed by atoms with E-state index < -0.39 is 0 Å². The molecule has 126 valence electrons. The van der Waals surface area contributed by atoms with Crippen LogP contribution >= 0.6 is 0 Å². The Morgan fingerprint density at radius 1 is 1.36 bits per heavy atom. The Morgan fingerprint density at radius 3 is 2.91 bits per heavy atom. The third kappa shape index (κ3) is 3.42. The molecule has 0 aromatic rings. The molecule has 3 aliphatic rings. The Morgan fingerprint density at radius 2 is 2.23 bits per heavy atom. The highest BCUT2D eigenvalue weighted by Gasteiger charge is 2.64. The molecule has 3 heteroatoms. The molecular formula is C19H32O3. The van der Waals surface area contributed by atoms with Crippen molar-refractivity contribution >= 4 is 0 Å². The molecule has 2 aliphatic carbocycles. The van der Waals surface area contributed by atoms with Gasteiger partial charge in [0.05, 0.1) is 6.61 Å². The van der Waals surface area contributed by atoms with Crippen LogP contribution < -0.4 is 0 Å². The van der Waals surface area contributed by atoms with E-state index in [4.69, 9.17) is 14.2 Å². The van der Waals surface area contributed by atoms with E-state index in [1.165, 1.54) is 25.7 Å². The summed E-state index contributed by atoms with van der Waals surface area (Å²) in [5, 5.41) is 0. The van der Waals surface area contributed by atoms with Crippen LogP contribution in [-0.2, 0) is 14.2 Å². The molecule has 3 rings (SSSR count). The summed E-state index contributed by atoms with van der Waals surface area (Å²) in [7, 11) is 0. The monoisotopic (exact) mass is 308 g/mol. The molecular weight excluding hydrogens is 276 g/mol. The molecule has 6 atom stereocenters. The SMILES string of the molecule is CCC1[C@H](C)C12COC(OC(C)OCCC1CC=CCC1)C2. The molecule has 0 N–H and O–H groups in total. The van der Waals surface area contributed by atoms with Gasteiger partial charge in [-0.1, -0.05) is 32.4 Å². The lowest BCUT2D eigenvalue weighted by Gasteiger charge is -2.21. The summed E-state index contributed by atoms with van der Waals surface area (Å²) in [4.78, 5) is 0. The fourth-order valence-corrected chi connectivity index (χ4v) is 4.67. The molecule has 0 radical (unpaired) electrons. The van der Waals surface area contributed by atoms with Gasteiger partial charge in [0, 0.05) is 18.4 Å². The van der Waals surface area contributed by atoms with Crippen molar-refractivity contribution in [2.75, 3.05) is 13.2 Å². The highest BCUT2D eigenvalue weighted by molar-refractivity contribution is 5.10. The molecule has 0 amide bonds. The van der Waals surface area contributed by atoms with Crippen LogP contribution in [0.4, 0.5) is 0 Å². The second kappa shape index (κ2) is 7.02. The minimum absolute atomic E-state index is 0.0633. The van der Waals surface area contributed by atoms with Crippen LogP contribution in [0.5, 0.6) is 0 Å². The maximum absolute atomic E-state index is 5.96. The van der Waals surface area contributed by atoms with Crippen molar-refractivity contribution in [3.63, 3.8) is 0 Å². The van der Waals surface area contributed by atoms with E-state index in [0.717, 1.165) is 43.8 Å². The van der Waals surface area contributed by atoms with Crippen molar-refractivity contribution in [3.8, 4) is 0 Å². The average Bonchev–Trinajstić information content (AvgIpc) is 2.86. The maximum Gasteiger partial charge on any atom is 0.161 e. The van der Waals surface area contributed by atoms with Gasteiger partial charge in [0.1, 0.15) is 0 Å². The number of allylic oxidation sites excluding steroid dienone is 2. The van der Waals surface area contributed by atoms with Gasteiger partial charge in [-0.2, -0.15) is 0 Å². The lowest BCUT2D eigenvalue weighted by molar-refractivity contribution is -0.223. The van der Waals surface area contributed by atoms with Crippen LogP contribution in [0.25, 0.3) is 0 Å². The predicted molar refractivity (Wildman–Crippen MR) is 87.3 cm³/mol. The summed E-state index contributed by atoms with van der Waals surface area (Å²) < 4.78 is 17.7. The van der Waals surface area contributed by atoms with Crippen LogP contribution in [0.1, 0.15) is 59.3 Å².